The first-order valence-corrected chi connectivity index (χ1v) is 10.3. The van der Waals surface area contributed by atoms with Crippen molar-refractivity contribution in [1.82, 2.24) is 0 Å². The van der Waals surface area contributed by atoms with E-state index < -0.39 is 11.9 Å². The van der Waals surface area contributed by atoms with E-state index in [-0.39, 0.29) is 29.5 Å². The van der Waals surface area contributed by atoms with E-state index in [2.05, 4.69) is 13.2 Å². The predicted molar refractivity (Wildman–Crippen MR) is 138 cm³/mol. The van der Waals surface area contributed by atoms with Crippen LogP contribution in [-0.2, 0) is 19.2 Å². The molecule has 0 aliphatic carbocycles. The molecule has 2 aromatic carbocycles. The molecular weight excluding hydrogens is 484 g/mol. The van der Waals surface area contributed by atoms with Crippen molar-refractivity contribution in [3.8, 4) is 23.0 Å². The second-order valence-electron chi connectivity index (χ2n) is 6.72. The molecule has 10 heteroatoms. The summed E-state index contributed by atoms with van der Waals surface area (Å²) in [6, 6.07) is 9.34. The van der Waals surface area contributed by atoms with E-state index in [0.29, 0.717) is 22.6 Å². The van der Waals surface area contributed by atoms with Gasteiger partial charge in [-0.05, 0) is 47.5 Å². The summed E-state index contributed by atoms with van der Waals surface area (Å²) in [5.74, 6) is -2.05. The number of hydrogen-bond acceptors (Lipinski definition) is 8. The quantitative estimate of drug-likeness (QED) is 0.271. The third kappa shape index (κ3) is 14.0. The molecule has 0 bridgehead atoms. The highest BCUT2D eigenvalue weighted by atomic mass is 16.5. The van der Waals surface area contributed by atoms with Crippen molar-refractivity contribution in [3.63, 3.8) is 0 Å². The number of rotatable bonds is 10. The number of ketones is 2. The summed E-state index contributed by atoms with van der Waals surface area (Å²) in [6.45, 7) is 5.92. The van der Waals surface area contributed by atoms with Gasteiger partial charge in [-0.15, -0.1) is 0 Å². The van der Waals surface area contributed by atoms with Crippen LogP contribution < -0.4 is 9.47 Å². The van der Waals surface area contributed by atoms with Crippen LogP contribution in [0, 0.1) is 0 Å². The van der Waals surface area contributed by atoms with Crippen LogP contribution in [-0.4, -0.2) is 58.2 Å². The molecule has 0 amide bonds. The van der Waals surface area contributed by atoms with Crippen molar-refractivity contribution in [1.29, 1.82) is 0 Å². The normalized spacial score (nSPS) is 9.78. The van der Waals surface area contributed by atoms with Crippen molar-refractivity contribution < 1.29 is 49.1 Å². The van der Waals surface area contributed by atoms with Gasteiger partial charge in [0.25, 0.3) is 0 Å². The van der Waals surface area contributed by atoms with E-state index in [1.54, 1.807) is 36.4 Å². The Kier molecular flexibility index (Phi) is 14.9. The van der Waals surface area contributed by atoms with Gasteiger partial charge < -0.3 is 29.9 Å². The van der Waals surface area contributed by atoms with E-state index in [0.717, 1.165) is 12.2 Å². The maximum Gasteiger partial charge on any atom is 0.327 e. The number of carbonyl (C=O) groups is 4. The first-order valence-electron chi connectivity index (χ1n) is 10.3. The van der Waals surface area contributed by atoms with E-state index >= 15 is 0 Å². The Morgan fingerprint density at radius 3 is 1.32 bits per heavy atom. The van der Waals surface area contributed by atoms with Gasteiger partial charge in [0.2, 0.25) is 0 Å². The minimum Gasteiger partial charge on any atom is -0.504 e. The lowest BCUT2D eigenvalue weighted by atomic mass is 10.1. The number of aliphatic carboxylic acids is 2. The first-order chi connectivity index (χ1) is 17.5. The fourth-order valence-corrected chi connectivity index (χ4v) is 2.26. The Bertz CT molecular complexity index is 1080. The summed E-state index contributed by atoms with van der Waals surface area (Å²) in [5, 5.41) is 34.3. The number of aromatic hydroxyl groups is 2. The summed E-state index contributed by atoms with van der Waals surface area (Å²) < 4.78 is 10.00. The molecular formula is C27H28O10. The van der Waals surface area contributed by atoms with Gasteiger partial charge in [-0.1, -0.05) is 37.4 Å². The number of carboxylic acids is 2. The predicted octanol–water partition coefficient (Wildman–Crippen LogP) is 3.88. The minimum atomic E-state index is -0.981. The molecule has 0 aliphatic heterocycles. The number of methoxy groups -OCH3 is 2. The summed E-state index contributed by atoms with van der Waals surface area (Å²) >= 11 is 0. The molecule has 0 unspecified atom stereocenters. The van der Waals surface area contributed by atoms with Crippen LogP contribution in [0.15, 0.2) is 73.9 Å². The number of phenols is 2. The van der Waals surface area contributed by atoms with E-state index in [1.807, 2.05) is 0 Å². The van der Waals surface area contributed by atoms with Crippen molar-refractivity contribution in [2.45, 2.75) is 6.42 Å². The van der Waals surface area contributed by atoms with Gasteiger partial charge in [-0.3, -0.25) is 9.59 Å². The Hall–Kier alpha value is -5.12. The Labute approximate surface area is 213 Å². The molecule has 2 aromatic rings. The number of ether oxygens (including phenoxy) is 2. The van der Waals surface area contributed by atoms with Gasteiger partial charge in [0.1, 0.15) is 0 Å². The Morgan fingerprint density at radius 1 is 0.730 bits per heavy atom. The number of benzene rings is 2. The van der Waals surface area contributed by atoms with Crippen LogP contribution in [0.4, 0.5) is 0 Å². The van der Waals surface area contributed by atoms with E-state index in [9.17, 15) is 29.4 Å². The van der Waals surface area contributed by atoms with Crippen LogP contribution in [0.1, 0.15) is 17.5 Å². The molecule has 0 fully saturated rings. The zero-order valence-electron chi connectivity index (χ0n) is 20.3. The lowest BCUT2D eigenvalue weighted by Crippen LogP contribution is -2.01. The highest BCUT2D eigenvalue weighted by molar-refractivity contribution is 6.10. The first kappa shape index (κ1) is 31.9. The molecule has 0 heterocycles. The topological polar surface area (TPSA) is 168 Å². The van der Waals surface area contributed by atoms with Crippen molar-refractivity contribution in [2.24, 2.45) is 0 Å². The molecule has 0 aliphatic rings. The standard InChI is InChI=1S/C21H20O6.2C3H4O2/c1-26-20-11-14(5-9-18(20)24)3-7-16(22)13-17(23)8-4-15-6-10-19(25)21(12-15)27-2;2*1-2-3(4)5/h3-12,24-25H,13H2,1-2H3;2*2H,1H2,(H,4,5)/b7-3+,8-4+;;. The van der Waals surface area contributed by atoms with Crippen molar-refractivity contribution in [2.75, 3.05) is 14.2 Å². The van der Waals surface area contributed by atoms with Gasteiger partial charge in [-0.25, -0.2) is 9.59 Å². The average molecular weight is 513 g/mol. The monoisotopic (exact) mass is 512 g/mol. The molecule has 0 saturated carbocycles. The number of phenolic OH excluding ortho intramolecular Hbond substituents is 2. The number of allylic oxidation sites excluding steroid dienone is 2. The summed E-state index contributed by atoms with van der Waals surface area (Å²) in [7, 11) is 2.87. The number of carbonyl (C=O) groups excluding carboxylic acids is 2. The van der Waals surface area contributed by atoms with Gasteiger partial charge >= 0.3 is 11.9 Å². The highest BCUT2D eigenvalue weighted by Gasteiger charge is 2.06. The maximum absolute atomic E-state index is 11.9. The minimum absolute atomic E-state index is 0.00662. The highest BCUT2D eigenvalue weighted by Crippen LogP contribution is 2.27. The molecule has 2 rings (SSSR count). The maximum atomic E-state index is 11.9. The van der Waals surface area contributed by atoms with Crippen LogP contribution in [0.5, 0.6) is 23.0 Å². The van der Waals surface area contributed by atoms with Gasteiger partial charge in [0, 0.05) is 12.2 Å². The van der Waals surface area contributed by atoms with E-state index in [4.69, 9.17) is 19.7 Å². The van der Waals surface area contributed by atoms with Crippen molar-refractivity contribution >= 4 is 35.7 Å². The molecule has 0 aromatic heterocycles. The number of hydrogen-bond donors (Lipinski definition) is 4. The largest absolute Gasteiger partial charge is 0.504 e. The molecule has 10 nitrogen and oxygen atoms in total. The Morgan fingerprint density at radius 2 is 1.05 bits per heavy atom. The third-order valence-electron chi connectivity index (χ3n) is 4.03. The van der Waals surface area contributed by atoms with E-state index in [1.165, 1.54) is 38.5 Å². The second-order valence-corrected chi connectivity index (χ2v) is 6.72. The second kappa shape index (κ2) is 17.3. The molecule has 0 atom stereocenters. The fraction of sp³-hybridized carbons (Fsp3) is 0.111. The fourth-order valence-electron chi connectivity index (χ4n) is 2.26. The van der Waals surface area contributed by atoms with Gasteiger partial charge in [0.15, 0.2) is 34.6 Å². The summed E-state index contributed by atoms with van der Waals surface area (Å²) in [5.41, 5.74) is 1.33. The summed E-state index contributed by atoms with van der Waals surface area (Å²) in [6.07, 6.45) is 7.11. The molecule has 4 N–H and O–H groups in total. The number of carboxylic acid groups (broad SMARTS) is 2. The van der Waals surface area contributed by atoms with Crippen LogP contribution in [0.25, 0.3) is 12.2 Å². The lowest BCUT2D eigenvalue weighted by Gasteiger charge is -2.03. The zero-order chi connectivity index (χ0) is 28.4. The third-order valence-corrected chi connectivity index (χ3v) is 4.03. The molecule has 0 radical (unpaired) electrons. The van der Waals surface area contributed by atoms with Gasteiger partial charge in [0.05, 0.1) is 20.6 Å². The summed E-state index contributed by atoms with van der Waals surface area (Å²) in [4.78, 5) is 42.4. The molecule has 196 valence electrons. The molecule has 0 saturated heterocycles. The van der Waals surface area contributed by atoms with Gasteiger partial charge in [-0.2, -0.15) is 0 Å². The van der Waals surface area contributed by atoms with Crippen LogP contribution in [0.3, 0.4) is 0 Å². The molecule has 0 spiro atoms. The van der Waals surface area contributed by atoms with Crippen LogP contribution >= 0.6 is 0 Å². The van der Waals surface area contributed by atoms with Crippen LogP contribution in [0.2, 0.25) is 0 Å². The zero-order valence-corrected chi connectivity index (χ0v) is 20.3. The average Bonchev–Trinajstić information content (AvgIpc) is 2.88. The van der Waals surface area contributed by atoms with Crippen molar-refractivity contribution in [3.05, 3.63) is 85.0 Å². The smallest absolute Gasteiger partial charge is 0.327 e. The molecule has 37 heavy (non-hydrogen) atoms. The SMILES string of the molecule is C=CC(=O)O.C=CC(=O)O.COc1cc(/C=C/C(=O)CC(=O)/C=C/c2ccc(O)c(OC)c2)ccc1O. The Balaban J connectivity index is 0.00000110. The lowest BCUT2D eigenvalue weighted by molar-refractivity contribution is -0.132.